The van der Waals surface area contributed by atoms with E-state index in [9.17, 15) is 14.3 Å². The van der Waals surface area contributed by atoms with Crippen molar-refractivity contribution in [2.75, 3.05) is 11.9 Å². The zero-order chi connectivity index (χ0) is 20.3. The molecule has 3 aromatic rings. The zero-order valence-electron chi connectivity index (χ0n) is 15.8. The van der Waals surface area contributed by atoms with Crippen LogP contribution in [0.4, 0.5) is 10.2 Å². The first kappa shape index (κ1) is 20.7. The van der Waals surface area contributed by atoms with Gasteiger partial charge in [-0.3, -0.25) is 14.8 Å². The van der Waals surface area contributed by atoms with Crippen LogP contribution in [0.3, 0.4) is 0 Å². The number of pyridine rings is 1. The smallest absolute Gasteiger partial charge is 0.306 e. The number of rotatable bonds is 8. The molecule has 0 bridgehead atoms. The molecule has 150 valence electrons. The number of nitrogens with one attached hydrogen (secondary N) is 2. The summed E-state index contributed by atoms with van der Waals surface area (Å²) in [7, 11) is 0. The highest BCUT2D eigenvalue weighted by Gasteiger charge is 2.19. The van der Waals surface area contributed by atoms with E-state index in [1.165, 1.54) is 18.0 Å². The van der Waals surface area contributed by atoms with Gasteiger partial charge in [0.15, 0.2) is 16.6 Å². The first-order valence-electron chi connectivity index (χ1n) is 8.91. The number of fused-ring (bicyclic) bond motifs is 1. The lowest BCUT2D eigenvalue weighted by molar-refractivity contribution is 0.259. The third-order valence-corrected chi connectivity index (χ3v) is 5.98. The van der Waals surface area contributed by atoms with Gasteiger partial charge < -0.3 is 10.4 Å². The van der Waals surface area contributed by atoms with E-state index in [1.807, 2.05) is 6.92 Å². The van der Waals surface area contributed by atoms with Gasteiger partial charge in [0.1, 0.15) is 10.5 Å². The van der Waals surface area contributed by atoms with Crippen molar-refractivity contribution in [1.29, 1.82) is 0 Å². The summed E-state index contributed by atoms with van der Waals surface area (Å²) in [5.74, 6) is 0.497. The Kier molecular flexibility index (Phi) is 6.63. The molecule has 2 atom stereocenters. The van der Waals surface area contributed by atoms with Crippen molar-refractivity contribution in [3.05, 3.63) is 39.5 Å². The molecule has 0 amide bonds. The number of thioether (sulfide) groups is 1. The molecule has 3 aromatic heterocycles. The fraction of sp³-hybridized carbons (Fsp3) is 0.444. The zero-order valence-corrected chi connectivity index (χ0v) is 17.4. The van der Waals surface area contributed by atoms with Gasteiger partial charge in [0, 0.05) is 17.0 Å². The fourth-order valence-electron chi connectivity index (χ4n) is 2.86. The Balaban J connectivity index is 1.93. The van der Waals surface area contributed by atoms with Crippen LogP contribution in [0.2, 0.25) is 0 Å². The number of aromatic nitrogens is 4. The maximum atomic E-state index is 14.0. The predicted molar refractivity (Wildman–Crippen MR) is 110 cm³/mol. The van der Waals surface area contributed by atoms with Crippen LogP contribution in [0.5, 0.6) is 0 Å². The SMILES string of the molecule is CC(C)C[C@H](CO)Nc1nc(S[C@H](C)c2ccncc2F)nc2[nH]c(=O)sc12. The maximum absolute atomic E-state index is 14.0. The minimum Gasteiger partial charge on any atom is -0.394 e. The molecule has 0 fully saturated rings. The number of H-pyrrole nitrogens is 1. The standard InChI is InChI=1S/C18H22FN5O2S2/c1-9(2)6-11(8-25)21-15-14-16(24-18(26)28-14)23-17(22-15)27-10(3)12-4-5-20-7-13(12)19/h4-5,7,9-11,25H,6,8H2,1-3H3,(H2,21,22,23,24,26)/t10-,11-/m1/s1. The highest BCUT2D eigenvalue weighted by molar-refractivity contribution is 7.99. The van der Waals surface area contributed by atoms with Crippen molar-refractivity contribution in [2.24, 2.45) is 5.92 Å². The average molecular weight is 424 g/mol. The Bertz CT molecular complexity index is 1010. The molecule has 0 aliphatic rings. The van der Waals surface area contributed by atoms with Gasteiger partial charge in [-0.25, -0.2) is 14.4 Å². The van der Waals surface area contributed by atoms with E-state index in [4.69, 9.17) is 0 Å². The van der Waals surface area contributed by atoms with E-state index in [2.05, 4.69) is 39.1 Å². The molecule has 0 saturated carbocycles. The van der Waals surface area contributed by atoms with Gasteiger partial charge in [-0.15, -0.1) is 0 Å². The number of halogens is 1. The van der Waals surface area contributed by atoms with Gasteiger partial charge in [-0.05, 0) is 25.3 Å². The Hall–Kier alpha value is -2.04. The van der Waals surface area contributed by atoms with Crippen molar-refractivity contribution in [3.8, 4) is 0 Å². The number of aromatic amines is 1. The first-order chi connectivity index (χ1) is 13.4. The molecule has 3 heterocycles. The van der Waals surface area contributed by atoms with Crippen LogP contribution in [0, 0.1) is 11.7 Å². The lowest BCUT2D eigenvalue weighted by Crippen LogP contribution is -2.26. The molecular weight excluding hydrogens is 401 g/mol. The summed E-state index contributed by atoms with van der Waals surface area (Å²) in [5, 5.41) is 13.1. The topological polar surface area (TPSA) is 104 Å². The molecular formula is C18H22FN5O2S2. The second-order valence-corrected chi connectivity index (χ2v) is 9.15. The van der Waals surface area contributed by atoms with Gasteiger partial charge in [-0.1, -0.05) is 36.9 Å². The van der Waals surface area contributed by atoms with E-state index in [-0.39, 0.29) is 28.6 Å². The van der Waals surface area contributed by atoms with Crippen LogP contribution in [-0.4, -0.2) is 37.7 Å². The number of hydrogen-bond donors (Lipinski definition) is 3. The van der Waals surface area contributed by atoms with Crippen molar-refractivity contribution in [1.82, 2.24) is 19.9 Å². The van der Waals surface area contributed by atoms with Crippen molar-refractivity contribution < 1.29 is 9.50 Å². The summed E-state index contributed by atoms with van der Waals surface area (Å²) < 4.78 is 14.6. The number of nitrogens with zero attached hydrogens (tertiary/aromatic N) is 3. The van der Waals surface area contributed by atoms with Crippen LogP contribution in [0.1, 0.15) is 38.0 Å². The summed E-state index contributed by atoms with van der Waals surface area (Å²) in [6.45, 7) is 5.95. The summed E-state index contributed by atoms with van der Waals surface area (Å²) in [5.41, 5.74) is 0.934. The molecule has 0 aliphatic heterocycles. The van der Waals surface area contributed by atoms with E-state index in [1.54, 1.807) is 12.3 Å². The number of thiazole rings is 1. The molecule has 0 radical (unpaired) electrons. The molecule has 28 heavy (non-hydrogen) atoms. The van der Waals surface area contributed by atoms with Crippen LogP contribution < -0.4 is 10.2 Å². The monoisotopic (exact) mass is 423 g/mol. The molecule has 3 rings (SSSR count). The van der Waals surface area contributed by atoms with Gasteiger partial charge in [0.2, 0.25) is 0 Å². The number of aliphatic hydroxyl groups is 1. The van der Waals surface area contributed by atoms with Crippen LogP contribution in [0.15, 0.2) is 28.4 Å². The lowest BCUT2D eigenvalue weighted by Gasteiger charge is -2.19. The fourth-order valence-corrected chi connectivity index (χ4v) is 4.51. The molecule has 0 saturated heterocycles. The van der Waals surface area contributed by atoms with Gasteiger partial charge in [-0.2, -0.15) is 0 Å². The Morgan fingerprint density at radius 3 is 2.82 bits per heavy atom. The molecule has 10 heteroatoms. The first-order valence-corrected chi connectivity index (χ1v) is 10.6. The highest BCUT2D eigenvalue weighted by atomic mass is 32.2. The molecule has 0 aromatic carbocycles. The minimum absolute atomic E-state index is 0.0515. The maximum Gasteiger partial charge on any atom is 0.306 e. The molecule has 0 spiro atoms. The minimum atomic E-state index is -0.386. The Labute approximate surface area is 169 Å². The van der Waals surface area contributed by atoms with E-state index in [0.717, 1.165) is 17.8 Å². The quantitative estimate of drug-likeness (QED) is 0.376. The number of hydrogen-bond acceptors (Lipinski definition) is 8. The lowest BCUT2D eigenvalue weighted by atomic mass is 10.0. The number of aliphatic hydroxyl groups excluding tert-OH is 1. The second kappa shape index (κ2) is 8.97. The van der Waals surface area contributed by atoms with Crippen molar-refractivity contribution in [2.45, 2.75) is 43.6 Å². The number of anilines is 1. The van der Waals surface area contributed by atoms with Crippen LogP contribution in [0.25, 0.3) is 10.3 Å². The largest absolute Gasteiger partial charge is 0.394 e. The van der Waals surface area contributed by atoms with E-state index >= 15 is 0 Å². The van der Waals surface area contributed by atoms with Crippen molar-refractivity contribution in [3.63, 3.8) is 0 Å². The third-order valence-electron chi connectivity index (χ3n) is 4.10. The summed E-state index contributed by atoms with van der Waals surface area (Å²) in [6, 6.07) is 1.44. The average Bonchev–Trinajstić information content (AvgIpc) is 3.01. The van der Waals surface area contributed by atoms with E-state index in [0.29, 0.717) is 32.8 Å². The van der Waals surface area contributed by atoms with Gasteiger partial charge in [0.05, 0.1) is 18.8 Å². The highest BCUT2D eigenvalue weighted by Crippen LogP contribution is 2.36. The third kappa shape index (κ3) is 4.86. The summed E-state index contributed by atoms with van der Waals surface area (Å²) in [6.07, 6.45) is 3.47. The molecule has 7 nitrogen and oxygen atoms in total. The molecule has 0 aliphatic carbocycles. The summed E-state index contributed by atoms with van der Waals surface area (Å²) >= 11 is 2.31. The van der Waals surface area contributed by atoms with Gasteiger partial charge >= 0.3 is 4.87 Å². The Morgan fingerprint density at radius 1 is 1.36 bits per heavy atom. The second-order valence-electron chi connectivity index (χ2n) is 6.86. The molecule has 3 N–H and O–H groups in total. The normalized spacial score (nSPS) is 13.8. The van der Waals surface area contributed by atoms with Crippen LogP contribution >= 0.6 is 23.1 Å². The van der Waals surface area contributed by atoms with E-state index < -0.39 is 0 Å². The summed E-state index contributed by atoms with van der Waals surface area (Å²) in [4.78, 5) is 27.0. The predicted octanol–water partition coefficient (Wildman–Crippen LogP) is 3.59. The Morgan fingerprint density at radius 2 is 2.14 bits per heavy atom. The van der Waals surface area contributed by atoms with Crippen molar-refractivity contribution >= 4 is 39.3 Å². The van der Waals surface area contributed by atoms with Crippen LogP contribution in [-0.2, 0) is 0 Å². The van der Waals surface area contributed by atoms with Gasteiger partial charge in [0.25, 0.3) is 0 Å². The molecule has 0 unspecified atom stereocenters.